The summed E-state index contributed by atoms with van der Waals surface area (Å²) in [5.74, 6) is -0.308. The molecule has 2 aromatic rings. The average molecular weight is 335 g/mol. The van der Waals surface area contributed by atoms with Crippen molar-refractivity contribution < 1.29 is 27.8 Å². The number of anilines is 1. The predicted octanol–water partition coefficient (Wildman–Crippen LogP) is 3.91. The molecule has 4 nitrogen and oxygen atoms in total. The molecule has 2 aromatic carbocycles. The Hall–Kier alpha value is -2.96. The normalized spacial score (nSPS) is 15.3. The second-order valence-electron chi connectivity index (χ2n) is 5.20. The zero-order valence-corrected chi connectivity index (χ0v) is 12.4. The number of alkyl halides is 3. The van der Waals surface area contributed by atoms with Crippen LogP contribution in [0.1, 0.15) is 16.7 Å². The highest BCUT2D eigenvalue weighted by atomic mass is 19.4. The smallest absolute Gasteiger partial charge is 0.416 e. The summed E-state index contributed by atoms with van der Waals surface area (Å²) in [5.41, 5.74) is 0.495. The maximum Gasteiger partial charge on any atom is 0.416 e. The third-order valence-electron chi connectivity index (χ3n) is 3.64. The van der Waals surface area contributed by atoms with Gasteiger partial charge in [0.05, 0.1) is 12.7 Å². The summed E-state index contributed by atoms with van der Waals surface area (Å²) in [6, 6.07) is 7.61. The number of amides is 1. The van der Waals surface area contributed by atoms with Gasteiger partial charge in [-0.1, -0.05) is 12.1 Å². The van der Waals surface area contributed by atoms with Gasteiger partial charge >= 0.3 is 6.18 Å². The number of phenolic OH excluding ortho intramolecular Hbond substituents is 1. The van der Waals surface area contributed by atoms with Crippen molar-refractivity contribution in [3.05, 3.63) is 53.1 Å². The highest BCUT2D eigenvalue weighted by Crippen LogP contribution is 2.38. The minimum atomic E-state index is -4.48. The molecule has 2 N–H and O–H groups in total. The van der Waals surface area contributed by atoms with E-state index >= 15 is 0 Å². The van der Waals surface area contributed by atoms with Crippen molar-refractivity contribution in [2.24, 2.45) is 0 Å². The molecule has 0 unspecified atom stereocenters. The van der Waals surface area contributed by atoms with Gasteiger partial charge in [-0.15, -0.1) is 0 Å². The maximum absolute atomic E-state index is 12.8. The number of phenols is 1. The molecule has 1 aliphatic heterocycles. The highest BCUT2D eigenvalue weighted by Gasteiger charge is 2.33. The Morgan fingerprint density at radius 2 is 1.92 bits per heavy atom. The van der Waals surface area contributed by atoms with Crippen LogP contribution in [0, 0.1) is 0 Å². The van der Waals surface area contributed by atoms with E-state index in [2.05, 4.69) is 5.32 Å². The number of hydrogen-bond donors (Lipinski definition) is 2. The Morgan fingerprint density at radius 3 is 2.58 bits per heavy atom. The zero-order valence-electron chi connectivity index (χ0n) is 12.4. The molecule has 0 saturated carbocycles. The number of aromatic hydroxyl groups is 1. The topological polar surface area (TPSA) is 58.6 Å². The average Bonchev–Trinajstić information content (AvgIpc) is 2.83. The van der Waals surface area contributed by atoms with Gasteiger partial charge < -0.3 is 15.2 Å². The molecule has 0 atom stereocenters. The van der Waals surface area contributed by atoms with E-state index in [1.165, 1.54) is 31.4 Å². The lowest BCUT2D eigenvalue weighted by Crippen LogP contribution is -2.06. The van der Waals surface area contributed by atoms with Crippen molar-refractivity contribution in [3.8, 4) is 11.5 Å². The minimum Gasteiger partial charge on any atom is -0.504 e. The van der Waals surface area contributed by atoms with Crippen molar-refractivity contribution >= 4 is 23.2 Å². The lowest BCUT2D eigenvalue weighted by Gasteiger charge is -2.08. The third-order valence-corrected chi connectivity index (χ3v) is 3.64. The van der Waals surface area contributed by atoms with Crippen LogP contribution in [-0.2, 0) is 11.0 Å². The van der Waals surface area contributed by atoms with Crippen LogP contribution in [0.15, 0.2) is 36.4 Å². The number of halogens is 3. The third kappa shape index (κ3) is 2.80. The molecule has 7 heteroatoms. The number of fused-ring (bicyclic) bond motifs is 1. The Balaban J connectivity index is 2.04. The predicted molar refractivity (Wildman–Crippen MR) is 82.6 cm³/mol. The van der Waals surface area contributed by atoms with Gasteiger partial charge in [-0.05, 0) is 35.9 Å². The summed E-state index contributed by atoms with van der Waals surface area (Å²) in [5, 5.41) is 12.0. The number of nitrogens with one attached hydrogen (secondary N) is 1. The van der Waals surface area contributed by atoms with Crippen LogP contribution in [0.3, 0.4) is 0 Å². The summed E-state index contributed by atoms with van der Waals surface area (Å²) < 4.78 is 43.3. The van der Waals surface area contributed by atoms with E-state index < -0.39 is 17.6 Å². The zero-order chi connectivity index (χ0) is 17.5. The monoisotopic (exact) mass is 335 g/mol. The van der Waals surface area contributed by atoms with E-state index in [9.17, 15) is 23.1 Å². The quantitative estimate of drug-likeness (QED) is 0.818. The Kier molecular flexibility index (Phi) is 3.71. The van der Waals surface area contributed by atoms with E-state index in [1.54, 1.807) is 6.07 Å². The first-order chi connectivity index (χ1) is 11.3. The SMILES string of the molecule is COc1cc(/C=C2\C(=O)Nc3cc(C(F)(F)F)ccc32)ccc1O. The maximum atomic E-state index is 12.8. The molecule has 0 bridgehead atoms. The van der Waals surface area contributed by atoms with Crippen LogP contribution in [0.25, 0.3) is 11.6 Å². The summed E-state index contributed by atoms with van der Waals surface area (Å²) in [4.78, 5) is 12.1. The fourth-order valence-electron chi connectivity index (χ4n) is 2.46. The molecule has 0 saturated heterocycles. The van der Waals surface area contributed by atoms with Gasteiger partial charge in [0.15, 0.2) is 11.5 Å². The molecule has 0 radical (unpaired) electrons. The molecule has 0 aromatic heterocycles. The van der Waals surface area contributed by atoms with Crippen molar-refractivity contribution in [2.75, 3.05) is 12.4 Å². The van der Waals surface area contributed by atoms with Gasteiger partial charge in [-0.3, -0.25) is 4.79 Å². The number of carbonyl (C=O) groups excluding carboxylic acids is 1. The number of carbonyl (C=O) groups is 1. The number of hydrogen-bond acceptors (Lipinski definition) is 3. The van der Waals surface area contributed by atoms with Crippen LogP contribution in [0.5, 0.6) is 11.5 Å². The molecule has 0 aliphatic carbocycles. The van der Waals surface area contributed by atoms with Gasteiger partial charge in [0, 0.05) is 16.8 Å². The van der Waals surface area contributed by atoms with E-state index in [-0.39, 0.29) is 22.8 Å². The largest absolute Gasteiger partial charge is 0.504 e. The fraction of sp³-hybridized carbons (Fsp3) is 0.118. The van der Waals surface area contributed by atoms with E-state index in [1.807, 2.05) is 0 Å². The molecular formula is C17H12F3NO3. The lowest BCUT2D eigenvalue weighted by molar-refractivity contribution is -0.137. The summed E-state index contributed by atoms with van der Waals surface area (Å²) in [7, 11) is 1.39. The summed E-state index contributed by atoms with van der Waals surface area (Å²) >= 11 is 0. The number of benzene rings is 2. The number of ether oxygens (including phenoxy) is 1. The van der Waals surface area contributed by atoms with Crippen molar-refractivity contribution in [3.63, 3.8) is 0 Å². The molecule has 1 amide bonds. The van der Waals surface area contributed by atoms with E-state index in [0.29, 0.717) is 11.1 Å². The highest BCUT2D eigenvalue weighted by molar-refractivity contribution is 6.34. The van der Waals surface area contributed by atoms with E-state index in [4.69, 9.17) is 4.74 Å². The first-order valence-electron chi connectivity index (χ1n) is 6.91. The first kappa shape index (κ1) is 15.9. The second-order valence-corrected chi connectivity index (χ2v) is 5.20. The first-order valence-corrected chi connectivity index (χ1v) is 6.91. The Labute approximate surface area is 135 Å². The van der Waals surface area contributed by atoms with Crippen molar-refractivity contribution in [2.45, 2.75) is 6.18 Å². The second kappa shape index (κ2) is 5.59. The van der Waals surface area contributed by atoms with Gasteiger partial charge in [-0.2, -0.15) is 13.2 Å². The molecule has 0 fully saturated rings. The molecule has 124 valence electrons. The molecule has 0 spiro atoms. The molecule has 1 aliphatic rings. The van der Waals surface area contributed by atoms with Gasteiger partial charge in [0.1, 0.15) is 0 Å². The molecular weight excluding hydrogens is 323 g/mol. The minimum absolute atomic E-state index is 0.0502. The fourth-order valence-corrected chi connectivity index (χ4v) is 2.46. The van der Waals surface area contributed by atoms with Crippen LogP contribution in [-0.4, -0.2) is 18.1 Å². The van der Waals surface area contributed by atoms with Crippen LogP contribution in [0.2, 0.25) is 0 Å². The van der Waals surface area contributed by atoms with Crippen LogP contribution >= 0.6 is 0 Å². The Morgan fingerprint density at radius 1 is 1.17 bits per heavy atom. The summed E-state index contributed by atoms with van der Waals surface area (Å²) in [6.07, 6.45) is -2.95. The lowest BCUT2D eigenvalue weighted by atomic mass is 10.0. The standard InChI is InChI=1S/C17H12F3NO3/c1-24-15-7-9(2-5-14(15)22)6-12-11-4-3-10(17(18,19)20)8-13(11)21-16(12)23/h2-8,22H,1H3,(H,21,23)/b12-6-. The van der Waals surface area contributed by atoms with Gasteiger partial charge in [0.2, 0.25) is 0 Å². The van der Waals surface area contributed by atoms with Crippen LogP contribution < -0.4 is 10.1 Å². The van der Waals surface area contributed by atoms with Crippen molar-refractivity contribution in [1.29, 1.82) is 0 Å². The summed E-state index contributed by atoms with van der Waals surface area (Å²) in [6.45, 7) is 0. The van der Waals surface area contributed by atoms with Gasteiger partial charge in [0.25, 0.3) is 5.91 Å². The number of methoxy groups -OCH3 is 1. The molecule has 24 heavy (non-hydrogen) atoms. The van der Waals surface area contributed by atoms with Gasteiger partial charge in [-0.25, -0.2) is 0 Å². The molecule has 3 rings (SSSR count). The van der Waals surface area contributed by atoms with E-state index in [0.717, 1.165) is 12.1 Å². The van der Waals surface area contributed by atoms with Crippen LogP contribution in [0.4, 0.5) is 18.9 Å². The Bertz CT molecular complexity index is 857. The molecule has 1 heterocycles. The van der Waals surface area contributed by atoms with Crippen molar-refractivity contribution in [1.82, 2.24) is 0 Å². The number of rotatable bonds is 2.